The van der Waals surface area contributed by atoms with Gasteiger partial charge >= 0.3 is 0 Å². The highest BCUT2D eigenvalue weighted by Crippen LogP contribution is 2.33. The second-order valence-corrected chi connectivity index (χ2v) is 7.48. The SMILES string of the molecule is CCN(c1cccc(F)c1)S(=O)(=O)c1c(C)csc1CCl. The molecule has 0 aliphatic carbocycles. The van der Waals surface area contributed by atoms with Gasteiger partial charge in [0.1, 0.15) is 10.7 Å². The van der Waals surface area contributed by atoms with Crippen LogP contribution in [0.5, 0.6) is 0 Å². The zero-order valence-corrected chi connectivity index (χ0v) is 14.0. The molecule has 0 spiro atoms. The standard InChI is InChI=1S/C14H15ClFNO2S2/c1-3-17(12-6-4-5-11(16)7-12)21(18,19)14-10(2)9-20-13(14)8-15/h4-7,9H,3,8H2,1-2H3. The van der Waals surface area contributed by atoms with Crippen molar-refractivity contribution in [1.29, 1.82) is 0 Å². The highest BCUT2D eigenvalue weighted by molar-refractivity contribution is 7.93. The molecule has 0 atom stereocenters. The lowest BCUT2D eigenvalue weighted by Gasteiger charge is -2.23. The van der Waals surface area contributed by atoms with E-state index in [1.165, 1.54) is 33.8 Å². The minimum absolute atomic E-state index is 0.133. The van der Waals surface area contributed by atoms with E-state index in [9.17, 15) is 12.8 Å². The molecular formula is C14H15ClFNO2S2. The minimum atomic E-state index is -3.76. The number of rotatable bonds is 5. The molecule has 21 heavy (non-hydrogen) atoms. The Labute approximate surface area is 133 Å². The number of aryl methyl sites for hydroxylation is 1. The predicted octanol–water partition coefficient (Wildman–Crippen LogP) is 4.15. The number of hydrogen-bond acceptors (Lipinski definition) is 3. The predicted molar refractivity (Wildman–Crippen MR) is 85.2 cm³/mol. The lowest BCUT2D eigenvalue weighted by molar-refractivity contribution is 0.590. The fourth-order valence-corrected chi connectivity index (χ4v) is 5.64. The largest absolute Gasteiger partial charge is 0.266 e. The van der Waals surface area contributed by atoms with Gasteiger partial charge in [-0.05, 0) is 43.0 Å². The van der Waals surface area contributed by atoms with E-state index in [1.807, 2.05) is 0 Å². The summed E-state index contributed by atoms with van der Waals surface area (Å²) in [6, 6.07) is 5.56. The van der Waals surface area contributed by atoms with Crippen molar-refractivity contribution >= 4 is 38.6 Å². The van der Waals surface area contributed by atoms with Gasteiger partial charge in [0, 0.05) is 11.4 Å². The zero-order chi connectivity index (χ0) is 15.6. The van der Waals surface area contributed by atoms with Crippen molar-refractivity contribution < 1.29 is 12.8 Å². The monoisotopic (exact) mass is 347 g/mol. The van der Waals surface area contributed by atoms with Crippen molar-refractivity contribution in [2.45, 2.75) is 24.6 Å². The van der Waals surface area contributed by atoms with Crippen LogP contribution in [0.25, 0.3) is 0 Å². The lowest BCUT2D eigenvalue weighted by atomic mass is 10.3. The first-order valence-corrected chi connectivity index (χ1v) is 9.18. The third kappa shape index (κ3) is 3.07. The molecule has 0 saturated heterocycles. The number of alkyl halides is 1. The molecule has 0 fully saturated rings. The first kappa shape index (κ1) is 16.3. The van der Waals surface area contributed by atoms with E-state index in [4.69, 9.17) is 11.6 Å². The van der Waals surface area contributed by atoms with E-state index in [0.29, 0.717) is 16.1 Å². The maximum absolute atomic E-state index is 13.4. The first-order valence-electron chi connectivity index (χ1n) is 6.33. The molecule has 2 aromatic rings. The molecule has 0 saturated carbocycles. The topological polar surface area (TPSA) is 37.4 Å². The average molecular weight is 348 g/mol. The van der Waals surface area contributed by atoms with E-state index >= 15 is 0 Å². The third-order valence-corrected chi connectivity index (χ3v) is 6.84. The normalized spacial score (nSPS) is 11.6. The molecule has 0 bridgehead atoms. The summed E-state index contributed by atoms with van der Waals surface area (Å²) in [7, 11) is -3.76. The summed E-state index contributed by atoms with van der Waals surface area (Å²) >= 11 is 7.16. The average Bonchev–Trinajstić information content (AvgIpc) is 2.81. The van der Waals surface area contributed by atoms with Crippen LogP contribution in [0, 0.1) is 12.7 Å². The van der Waals surface area contributed by atoms with E-state index in [-0.39, 0.29) is 17.3 Å². The quantitative estimate of drug-likeness (QED) is 0.762. The summed E-state index contributed by atoms with van der Waals surface area (Å²) in [6.45, 7) is 3.66. The molecule has 1 aromatic carbocycles. The minimum Gasteiger partial charge on any atom is -0.266 e. The number of anilines is 1. The van der Waals surface area contributed by atoms with Gasteiger partial charge in [0.15, 0.2) is 0 Å². The van der Waals surface area contributed by atoms with Crippen LogP contribution in [0.2, 0.25) is 0 Å². The summed E-state index contributed by atoms with van der Waals surface area (Å²) < 4.78 is 40.4. The fraction of sp³-hybridized carbons (Fsp3) is 0.286. The molecule has 0 radical (unpaired) electrons. The second-order valence-electron chi connectivity index (χ2n) is 4.45. The van der Waals surface area contributed by atoms with Crippen molar-refractivity contribution in [3.05, 3.63) is 45.9 Å². The number of benzene rings is 1. The summed E-state index contributed by atoms with van der Waals surface area (Å²) in [4.78, 5) is 0.831. The van der Waals surface area contributed by atoms with Crippen LogP contribution in [-0.2, 0) is 15.9 Å². The lowest BCUT2D eigenvalue weighted by Crippen LogP contribution is -2.31. The number of nitrogens with zero attached hydrogens (tertiary/aromatic N) is 1. The maximum Gasteiger partial charge on any atom is 0.265 e. The van der Waals surface area contributed by atoms with Crippen molar-refractivity contribution in [3.63, 3.8) is 0 Å². The molecule has 0 N–H and O–H groups in total. The molecule has 2 rings (SSSR count). The van der Waals surface area contributed by atoms with Crippen LogP contribution in [0.4, 0.5) is 10.1 Å². The Morgan fingerprint density at radius 1 is 1.38 bits per heavy atom. The van der Waals surface area contributed by atoms with Gasteiger partial charge < -0.3 is 0 Å². The molecular weight excluding hydrogens is 333 g/mol. The molecule has 3 nitrogen and oxygen atoms in total. The van der Waals surface area contributed by atoms with Crippen LogP contribution in [0.3, 0.4) is 0 Å². The van der Waals surface area contributed by atoms with E-state index < -0.39 is 15.8 Å². The van der Waals surface area contributed by atoms with Gasteiger partial charge in [-0.2, -0.15) is 0 Å². The third-order valence-electron chi connectivity index (χ3n) is 3.04. The van der Waals surface area contributed by atoms with Gasteiger partial charge in [0.25, 0.3) is 10.0 Å². The highest BCUT2D eigenvalue weighted by Gasteiger charge is 2.29. The Morgan fingerprint density at radius 3 is 2.67 bits per heavy atom. The van der Waals surface area contributed by atoms with Gasteiger partial charge in [-0.3, -0.25) is 4.31 Å². The molecule has 7 heteroatoms. The molecule has 1 aromatic heterocycles. The van der Waals surface area contributed by atoms with Gasteiger partial charge in [0.2, 0.25) is 0 Å². The molecule has 0 aliphatic rings. The van der Waals surface area contributed by atoms with Crippen LogP contribution in [-0.4, -0.2) is 15.0 Å². The van der Waals surface area contributed by atoms with Gasteiger partial charge in [0.05, 0.1) is 11.6 Å². The smallest absolute Gasteiger partial charge is 0.265 e. The molecule has 0 unspecified atom stereocenters. The zero-order valence-electron chi connectivity index (χ0n) is 11.6. The molecule has 1 heterocycles. The number of hydrogen-bond donors (Lipinski definition) is 0. The van der Waals surface area contributed by atoms with Crippen LogP contribution < -0.4 is 4.31 Å². The summed E-state index contributed by atoms with van der Waals surface area (Å²) in [5.74, 6) is -0.339. The van der Waals surface area contributed by atoms with Gasteiger partial charge in [-0.25, -0.2) is 12.8 Å². The van der Waals surface area contributed by atoms with Crippen molar-refractivity contribution in [2.75, 3.05) is 10.8 Å². The Kier molecular flexibility index (Phi) is 4.91. The van der Waals surface area contributed by atoms with Gasteiger partial charge in [-0.15, -0.1) is 22.9 Å². The van der Waals surface area contributed by atoms with Crippen LogP contribution in [0.15, 0.2) is 34.5 Å². The Hall–Kier alpha value is -1.11. The molecule has 114 valence electrons. The van der Waals surface area contributed by atoms with E-state index in [1.54, 1.807) is 25.3 Å². The van der Waals surface area contributed by atoms with E-state index in [0.717, 1.165) is 0 Å². The summed E-state index contributed by atoms with van der Waals surface area (Å²) in [6.07, 6.45) is 0. The van der Waals surface area contributed by atoms with Crippen LogP contribution >= 0.6 is 22.9 Å². The van der Waals surface area contributed by atoms with Gasteiger partial charge in [-0.1, -0.05) is 6.07 Å². The highest BCUT2D eigenvalue weighted by atomic mass is 35.5. The summed E-state index contributed by atoms with van der Waals surface area (Å²) in [5.41, 5.74) is 0.967. The van der Waals surface area contributed by atoms with Crippen molar-refractivity contribution in [1.82, 2.24) is 0 Å². The van der Waals surface area contributed by atoms with Crippen LogP contribution in [0.1, 0.15) is 17.4 Å². The van der Waals surface area contributed by atoms with Crippen molar-refractivity contribution in [2.24, 2.45) is 0 Å². The molecule has 0 aliphatic heterocycles. The number of thiophene rings is 1. The maximum atomic E-state index is 13.4. The number of sulfonamides is 1. The fourth-order valence-electron chi connectivity index (χ4n) is 2.16. The second kappa shape index (κ2) is 6.34. The number of halogens is 2. The first-order chi connectivity index (χ1) is 9.91. The Bertz CT molecular complexity index is 743. The molecule has 0 amide bonds. The Morgan fingerprint density at radius 2 is 2.10 bits per heavy atom. The van der Waals surface area contributed by atoms with E-state index in [2.05, 4.69) is 0 Å². The Balaban J connectivity index is 2.57. The van der Waals surface area contributed by atoms with Crippen molar-refractivity contribution in [3.8, 4) is 0 Å². The summed E-state index contributed by atoms with van der Waals surface area (Å²) in [5, 5.41) is 1.77.